The molecule has 1 fully saturated rings. The van der Waals surface area contributed by atoms with E-state index in [0.717, 1.165) is 13.1 Å². The van der Waals surface area contributed by atoms with Gasteiger partial charge in [-0.1, -0.05) is 34.1 Å². The van der Waals surface area contributed by atoms with E-state index >= 15 is 0 Å². The normalized spacial score (nSPS) is 32.6. The van der Waals surface area contributed by atoms with Crippen molar-refractivity contribution in [2.45, 2.75) is 53.0 Å². The summed E-state index contributed by atoms with van der Waals surface area (Å²) in [6, 6.07) is 0.403. The standard InChI is InChI=1S/C13H28N2/c1-12(2,3)9-15(5)10-13(4)8-6-7-11(13)14/h11H,6-10,14H2,1-5H3. The first-order valence-corrected chi connectivity index (χ1v) is 6.17. The maximum absolute atomic E-state index is 6.20. The highest BCUT2D eigenvalue weighted by atomic mass is 15.1. The van der Waals surface area contributed by atoms with E-state index in [2.05, 4.69) is 39.6 Å². The Hall–Kier alpha value is -0.0800. The largest absolute Gasteiger partial charge is 0.327 e. The van der Waals surface area contributed by atoms with Crippen molar-refractivity contribution >= 4 is 0 Å². The van der Waals surface area contributed by atoms with Crippen molar-refractivity contribution in [3.63, 3.8) is 0 Å². The molecule has 2 N–H and O–H groups in total. The van der Waals surface area contributed by atoms with Crippen LogP contribution in [0.3, 0.4) is 0 Å². The minimum atomic E-state index is 0.347. The summed E-state index contributed by atoms with van der Waals surface area (Å²) in [5.41, 5.74) is 6.93. The van der Waals surface area contributed by atoms with Gasteiger partial charge in [0.2, 0.25) is 0 Å². The van der Waals surface area contributed by atoms with Crippen molar-refractivity contribution in [1.29, 1.82) is 0 Å². The van der Waals surface area contributed by atoms with Gasteiger partial charge in [0.05, 0.1) is 0 Å². The molecule has 0 amide bonds. The molecule has 2 atom stereocenters. The van der Waals surface area contributed by atoms with E-state index in [0.29, 0.717) is 16.9 Å². The average molecular weight is 212 g/mol. The van der Waals surface area contributed by atoms with Crippen LogP contribution in [0.1, 0.15) is 47.0 Å². The fourth-order valence-electron chi connectivity index (χ4n) is 2.94. The molecular formula is C13H28N2. The zero-order valence-corrected chi connectivity index (χ0v) is 11.1. The lowest BCUT2D eigenvalue weighted by Gasteiger charge is -2.36. The minimum Gasteiger partial charge on any atom is -0.327 e. The van der Waals surface area contributed by atoms with Gasteiger partial charge >= 0.3 is 0 Å². The van der Waals surface area contributed by atoms with E-state index in [-0.39, 0.29) is 0 Å². The molecule has 15 heavy (non-hydrogen) atoms. The molecule has 0 bridgehead atoms. The molecule has 0 saturated heterocycles. The Morgan fingerprint density at radius 1 is 1.40 bits per heavy atom. The molecule has 0 aliphatic heterocycles. The fraction of sp³-hybridized carbons (Fsp3) is 1.00. The third-order valence-electron chi connectivity index (χ3n) is 3.53. The maximum atomic E-state index is 6.20. The van der Waals surface area contributed by atoms with Gasteiger partial charge in [-0.25, -0.2) is 0 Å². The van der Waals surface area contributed by atoms with Crippen LogP contribution in [0.5, 0.6) is 0 Å². The number of nitrogens with zero attached hydrogens (tertiary/aromatic N) is 1. The highest BCUT2D eigenvalue weighted by Crippen LogP contribution is 2.37. The SMILES string of the molecule is CN(CC(C)(C)C)CC1(C)CCCC1N. The lowest BCUT2D eigenvalue weighted by Crippen LogP contribution is -2.44. The summed E-state index contributed by atoms with van der Waals surface area (Å²) in [6.45, 7) is 11.5. The number of rotatable bonds is 3. The van der Waals surface area contributed by atoms with E-state index in [1.165, 1.54) is 19.3 Å². The average Bonchev–Trinajstić information content (AvgIpc) is 2.27. The summed E-state index contributed by atoms with van der Waals surface area (Å²) in [6.07, 6.45) is 3.81. The Kier molecular flexibility index (Phi) is 3.83. The van der Waals surface area contributed by atoms with Gasteiger partial charge in [0.25, 0.3) is 0 Å². The molecular weight excluding hydrogens is 184 g/mol. The van der Waals surface area contributed by atoms with Crippen LogP contribution in [0, 0.1) is 10.8 Å². The summed E-state index contributed by atoms with van der Waals surface area (Å²) >= 11 is 0. The number of hydrogen-bond acceptors (Lipinski definition) is 2. The fourth-order valence-corrected chi connectivity index (χ4v) is 2.94. The Balaban J connectivity index is 2.47. The summed E-state index contributed by atoms with van der Waals surface area (Å²) < 4.78 is 0. The van der Waals surface area contributed by atoms with Crippen LogP contribution in [0.15, 0.2) is 0 Å². The van der Waals surface area contributed by atoms with Gasteiger partial charge in [0, 0.05) is 19.1 Å². The van der Waals surface area contributed by atoms with Gasteiger partial charge in [-0.05, 0) is 30.7 Å². The van der Waals surface area contributed by atoms with Crippen LogP contribution in [-0.2, 0) is 0 Å². The molecule has 2 unspecified atom stereocenters. The van der Waals surface area contributed by atoms with Crippen molar-refractivity contribution < 1.29 is 0 Å². The first kappa shape index (κ1) is 13.0. The Morgan fingerprint density at radius 3 is 2.40 bits per heavy atom. The molecule has 0 spiro atoms. The predicted octanol–water partition coefficient (Wildman–Crippen LogP) is 2.48. The van der Waals surface area contributed by atoms with Crippen LogP contribution >= 0.6 is 0 Å². The maximum Gasteiger partial charge on any atom is 0.0105 e. The lowest BCUT2D eigenvalue weighted by atomic mass is 9.84. The van der Waals surface area contributed by atoms with Crippen LogP contribution in [0.4, 0.5) is 0 Å². The van der Waals surface area contributed by atoms with Crippen LogP contribution < -0.4 is 5.73 Å². The highest BCUT2D eigenvalue weighted by Gasteiger charge is 2.37. The molecule has 2 heteroatoms. The third kappa shape index (κ3) is 3.76. The van der Waals surface area contributed by atoms with Gasteiger partial charge in [-0.2, -0.15) is 0 Å². The quantitative estimate of drug-likeness (QED) is 0.779. The van der Waals surface area contributed by atoms with Crippen molar-refractivity contribution in [2.24, 2.45) is 16.6 Å². The van der Waals surface area contributed by atoms with Crippen molar-refractivity contribution in [3.05, 3.63) is 0 Å². The smallest absolute Gasteiger partial charge is 0.0105 e. The summed E-state index contributed by atoms with van der Waals surface area (Å²) in [7, 11) is 2.22. The molecule has 2 nitrogen and oxygen atoms in total. The van der Waals surface area contributed by atoms with E-state index in [9.17, 15) is 0 Å². The third-order valence-corrected chi connectivity index (χ3v) is 3.53. The van der Waals surface area contributed by atoms with Crippen LogP contribution in [0.2, 0.25) is 0 Å². The molecule has 90 valence electrons. The van der Waals surface area contributed by atoms with Gasteiger partial charge in [-0.3, -0.25) is 0 Å². The molecule has 1 aliphatic carbocycles. The summed E-state index contributed by atoms with van der Waals surface area (Å²) in [4.78, 5) is 2.45. The first-order valence-electron chi connectivity index (χ1n) is 6.17. The van der Waals surface area contributed by atoms with Gasteiger partial charge in [0.1, 0.15) is 0 Å². The Labute approximate surface area is 95.2 Å². The summed E-state index contributed by atoms with van der Waals surface area (Å²) in [5, 5.41) is 0. The number of hydrogen-bond donors (Lipinski definition) is 1. The molecule has 1 rings (SSSR count). The molecule has 0 aromatic rings. The number of nitrogens with two attached hydrogens (primary N) is 1. The van der Waals surface area contributed by atoms with E-state index in [1.807, 2.05) is 0 Å². The van der Waals surface area contributed by atoms with Crippen molar-refractivity contribution in [1.82, 2.24) is 4.90 Å². The minimum absolute atomic E-state index is 0.347. The van der Waals surface area contributed by atoms with E-state index in [4.69, 9.17) is 5.73 Å². The Bertz CT molecular complexity index is 207. The predicted molar refractivity (Wildman–Crippen MR) is 66.9 cm³/mol. The van der Waals surface area contributed by atoms with E-state index in [1.54, 1.807) is 0 Å². The summed E-state index contributed by atoms with van der Waals surface area (Å²) in [5.74, 6) is 0. The van der Waals surface area contributed by atoms with Crippen LogP contribution in [0.25, 0.3) is 0 Å². The van der Waals surface area contributed by atoms with Gasteiger partial charge in [0.15, 0.2) is 0 Å². The second-order valence-electron chi connectivity index (χ2n) is 6.89. The van der Waals surface area contributed by atoms with Crippen LogP contribution in [-0.4, -0.2) is 31.1 Å². The second-order valence-corrected chi connectivity index (χ2v) is 6.89. The molecule has 1 saturated carbocycles. The topological polar surface area (TPSA) is 29.3 Å². The zero-order valence-electron chi connectivity index (χ0n) is 11.1. The van der Waals surface area contributed by atoms with Crippen molar-refractivity contribution in [2.75, 3.05) is 20.1 Å². The molecule has 1 aliphatic rings. The molecule has 0 heterocycles. The highest BCUT2D eigenvalue weighted by molar-refractivity contribution is 4.93. The van der Waals surface area contributed by atoms with Gasteiger partial charge < -0.3 is 10.6 Å². The monoisotopic (exact) mass is 212 g/mol. The molecule has 0 aromatic carbocycles. The molecule has 0 radical (unpaired) electrons. The second kappa shape index (κ2) is 4.42. The van der Waals surface area contributed by atoms with E-state index < -0.39 is 0 Å². The lowest BCUT2D eigenvalue weighted by molar-refractivity contribution is 0.141. The van der Waals surface area contributed by atoms with Gasteiger partial charge in [-0.15, -0.1) is 0 Å². The first-order chi connectivity index (χ1) is 6.73. The Morgan fingerprint density at radius 2 is 2.00 bits per heavy atom. The zero-order chi connectivity index (χ0) is 11.7. The van der Waals surface area contributed by atoms with Crippen molar-refractivity contribution in [3.8, 4) is 0 Å². The molecule has 0 aromatic heterocycles.